The summed E-state index contributed by atoms with van der Waals surface area (Å²) >= 11 is 1.51. The maximum absolute atomic E-state index is 11.8. The van der Waals surface area contributed by atoms with E-state index in [9.17, 15) is 9.59 Å². The molecule has 1 saturated heterocycles. The fraction of sp³-hybridized carbons (Fsp3) is 0.667. The van der Waals surface area contributed by atoms with Crippen LogP contribution in [-0.4, -0.2) is 41.9 Å². The zero-order valence-corrected chi connectivity index (χ0v) is 11.7. The number of esters is 2. The van der Waals surface area contributed by atoms with Gasteiger partial charge < -0.3 is 14.2 Å². The number of carbonyl (C=O) groups is 2. The molecule has 0 amide bonds. The van der Waals surface area contributed by atoms with E-state index in [2.05, 4.69) is 6.58 Å². The molecule has 0 aromatic carbocycles. The minimum Gasteiger partial charge on any atom is -0.447 e. The Kier molecular flexibility index (Phi) is 5.22. The van der Waals surface area contributed by atoms with Crippen molar-refractivity contribution in [2.24, 2.45) is 0 Å². The van der Waals surface area contributed by atoms with E-state index in [1.165, 1.54) is 25.6 Å². The molecule has 0 spiro atoms. The van der Waals surface area contributed by atoms with Crippen LogP contribution in [0.2, 0.25) is 0 Å². The van der Waals surface area contributed by atoms with Crippen LogP contribution in [-0.2, 0) is 23.8 Å². The summed E-state index contributed by atoms with van der Waals surface area (Å²) in [7, 11) is 0. The van der Waals surface area contributed by atoms with E-state index in [4.69, 9.17) is 14.2 Å². The molecule has 1 aliphatic heterocycles. The maximum Gasteiger partial charge on any atom is 0.348 e. The molecule has 2 atom stereocenters. The lowest BCUT2D eigenvalue weighted by molar-refractivity contribution is -0.172. The Morgan fingerprint density at radius 2 is 2.17 bits per heavy atom. The Morgan fingerprint density at radius 1 is 1.50 bits per heavy atom. The van der Waals surface area contributed by atoms with Gasteiger partial charge >= 0.3 is 11.9 Å². The van der Waals surface area contributed by atoms with Crippen molar-refractivity contribution in [1.29, 1.82) is 0 Å². The first-order chi connectivity index (χ1) is 8.34. The van der Waals surface area contributed by atoms with Gasteiger partial charge in [0.25, 0.3) is 0 Å². The number of hydrogen-bond donors (Lipinski definition) is 0. The molecule has 102 valence electrons. The third-order valence-corrected chi connectivity index (χ3v) is 3.46. The van der Waals surface area contributed by atoms with Crippen LogP contribution in [0.15, 0.2) is 12.2 Å². The standard InChI is InChI=1S/C12H18O5S/c1-8(2)10(13)16-9(3)11(14)17-12(4)7-15-5-6-18-12/h9H,1,5-7H2,2-4H3. The fourth-order valence-corrected chi connectivity index (χ4v) is 2.22. The molecule has 0 bridgehead atoms. The van der Waals surface area contributed by atoms with Crippen LogP contribution in [0.3, 0.4) is 0 Å². The molecule has 18 heavy (non-hydrogen) atoms. The molecule has 6 heteroatoms. The van der Waals surface area contributed by atoms with Crippen LogP contribution in [0, 0.1) is 0 Å². The number of rotatable bonds is 4. The molecule has 2 unspecified atom stereocenters. The molecule has 0 aromatic heterocycles. The Labute approximate surface area is 111 Å². The Hall–Kier alpha value is -1.01. The predicted molar refractivity (Wildman–Crippen MR) is 68.1 cm³/mol. The van der Waals surface area contributed by atoms with Gasteiger partial charge in [-0.3, -0.25) is 0 Å². The molecule has 0 saturated carbocycles. The second kappa shape index (κ2) is 6.24. The topological polar surface area (TPSA) is 61.8 Å². The van der Waals surface area contributed by atoms with E-state index < -0.39 is 23.0 Å². The van der Waals surface area contributed by atoms with Crippen LogP contribution in [0.25, 0.3) is 0 Å². The lowest BCUT2D eigenvalue weighted by Gasteiger charge is -2.32. The summed E-state index contributed by atoms with van der Waals surface area (Å²) in [5.41, 5.74) is 0.247. The van der Waals surface area contributed by atoms with Gasteiger partial charge in [-0.1, -0.05) is 6.58 Å². The quantitative estimate of drug-likeness (QED) is 0.572. The van der Waals surface area contributed by atoms with E-state index in [-0.39, 0.29) is 5.57 Å². The molecule has 1 aliphatic rings. The van der Waals surface area contributed by atoms with E-state index >= 15 is 0 Å². The van der Waals surface area contributed by atoms with E-state index in [1.54, 1.807) is 6.92 Å². The highest BCUT2D eigenvalue weighted by molar-refractivity contribution is 8.00. The lowest BCUT2D eigenvalue weighted by Crippen LogP contribution is -2.41. The zero-order valence-electron chi connectivity index (χ0n) is 10.9. The van der Waals surface area contributed by atoms with Crippen LogP contribution >= 0.6 is 11.8 Å². The van der Waals surface area contributed by atoms with Crippen LogP contribution in [0.5, 0.6) is 0 Å². The van der Waals surface area contributed by atoms with Crippen molar-refractivity contribution < 1.29 is 23.8 Å². The third-order valence-electron chi connectivity index (χ3n) is 2.28. The van der Waals surface area contributed by atoms with Crippen LogP contribution in [0.1, 0.15) is 20.8 Å². The van der Waals surface area contributed by atoms with Crippen molar-refractivity contribution >= 4 is 23.7 Å². The molecule has 0 N–H and O–H groups in total. The highest BCUT2D eigenvalue weighted by Gasteiger charge is 2.35. The van der Waals surface area contributed by atoms with Crippen molar-refractivity contribution in [3.63, 3.8) is 0 Å². The van der Waals surface area contributed by atoms with Crippen molar-refractivity contribution in [2.75, 3.05) is 19.0 Å². The summed E-state index contributed by atoms with van der Waals surface area (Å²) in [5, 5.41) is 0. The molecule has 0 radical (unpaired) electrons. The first kappa shape index (κ1) is 15.0. The monoisotopic (exact) mass is 274 g/mol. The minimum absolute atomic E-state index is 0.247. The number of thioether (sulfide) groups is 1. The van der Waals surface area contributed by atoms with E-state index in [0.717, 1.165) is 5.75 Å². The zero-order chi connectivity index (χ0) is 13.8. The van der Waals surface area contributed by atoms with E-state index in [0.29, 0.717) is 13.2 Å². The number of ether oxygens (including phenoxy) is 3. The first-order valence-corrected chi connectivity index (χ1v) is 6.64. The number of carbonyl (C=O) groups excluding carboxylic acids is 2. The second-order valence-electron chi connectivity index (χ2n) is 4.28. The third kappa shape index (κ3) is 4.34. The normalized spacial score (nSPS) is 25.1. The molecule has 1 fully saturated rings. The van der Waals surface area contributed by atoms with Gasteiger partial charge in [0.15, 0.2) is 11.0 Å². The molecular weight excluding hydrogens is 256 g/mol. The van der Waals surface area contributed by atoms with Gasteiger partial charge in [0, 0.05) is 11.3 Å². The van der Waals surface area contributed by atoms with Gasteiger partial charge in [0.05, 0.1) is 13.2 Å². The summed E-state index contributed by atoms with van der Waals surface area (Å²) in [5.74, 6) is -0.411. The fourth-order valence-electron chi connectivity index (χ4n) is 1.28. The van der Waals surface area contributed by atoms with Gasteiger partial charge in [0.1, 0.15) is 0 Å². The average Bonchev–Trinajstić information content (AvgIpc) is 2.28. The van der Waals surface area contributed by atoms with E-state index in [1.807, 2.05) is 0 Å². The van der Waals surface area contributed by atoms with Crippen molar-refractivity contribution in [2.45, 2.75) is 31.8 Å². The summed E-state index contributed by atoms with van der Waals surface area (Å²) in [6.07, 6.45) is -0.950. The smallest absolute Gasteiger partial charge is 0.348 e. The lowest BCUT2D eigenvalue weighted by atomic mass is 10.3. The Morgan fingerprint density at radius 3 is 2.67 bits per heavy atom. The average molecular weight is 274 g/mol. The molecule has 0 aromatic rings. The van der Waals surface area contributed by atoms with Gasteiger partial charge in [0.2, 0.25) is 0 Å². The number of hydrogen-bond acceptors (Lipinski definition) is 6. The van der Waals surface area contributed by atoms with Crippen molar-refractivity contribution in [3.05, 3.63) is 12.2 Å². The van der Waals surface area contributed by atoms with Gasteiger partial charge in [-0.15, -0.1) is 11.8 Å². The summed E-state index contributed by atoms with van der Waals surface area (Å²) < 4.78 is 15.5. The van der Waals surface area contributed by atoms with Gasteiger partial charge in [-0.25, -0.2) is 9.59 Å². The second-order valence-corrected chi connectivity index (χ2v) is 5.84. The molecule has 0 aliphatic carbocycles. The largest absolute Gasteiger partial charge is 0.447 e. The van der Waals surface area contributed by atoms with Gasteiger partial charge in [-0.05, 0) is 20.8 Å². The maximum atomic E-state index is 11.8. The van der Waals surface area contributed by atoms with Crippen molar-refractivity contribution in [1.82, 2.24) is 0 Å². The molecule has 1 rings (SSSR count). The Balaban J connectivity index is 2.48. The van der Waals surface area contributed by atoms with Gasteiger partial charge in [-0.2, -0.15) is 0 Å². The Bertz CT molecular complexity index is 346. The van der Waals surface area contributed by atoms with Crippen LogP contribution in [0.4, 0.5) is 0 Å². The molecule has 1 heterocycles. The predicted octanol–water partition coefficient (Wildman–Crippen LogP) is 1.52. The summed E-state index contributed by atoms with van der Waals surface area (Å²) in [6.45, 7) is 9.21. The molecule has 5 nitrogen and oxygen atoms in total. The SMILES string of the molecule is C=C(C)C(=O)OC(C)C(=O)OC1(C)COCCS1. The highest BCUT2D eigenvalue weighted by Crippen LogP contribution is 2.30. The van der Waals surface area contributed by atoms with Crippen LogP contribution < -0.4 is 0 Å². The molecular formula is C12H18O5S. The highest BCUT2D eigenvalue weighted by atomic mass is 32.2. The minimum atomic E-state index is -0.950. The first-order valence-electron chi connectivity index (χ1n) is 5.65. The summed E-state index contributed by atoms with van der Waals surface area (Å²) in [6, 6.07) is 0. The van der Waals surface area contributed by atoms with Crippen molar-refractivity contribution in [3.8, 4) is 0 Å². The summed E-state index contributed by atoms with van der Waals surface area (Å²) in [4.78, 5) is 22.3.